The lowest BCUT2D eigenvalue weighted by molar-refractivity contribution is -0.114. The first-order valence-electron chi connectivity index (χ1n) is 12.6. The Hall–Kier alpha value is -0.363. The van der Waals surface area contributed by atoms with E-state index in [-0.39, 0.29) is 19.5 Å². The van der Waals surface area contributed by atoms with Crippen LogP contribution in [0.5, 0.6) is 0 Å². The minimum Gasteiger partial charge on any atom is -0.499 e. The summed E-state index contributed by atoms with van der Waals surface area (Å²) in [5.74, 6) is 0. The monoisotopic (exact) mass is 444 g/mol. The van der Waals surface area contributed by atoms with E-state index in [2.05, 4.69) is 32.6 Å². The van der Waals surface area contributed by atoms with Gasteiger partial charge in [0.25, 0.3) is 0 Å². The van der Waals surface area contributed by atoms with Crippen LogP contribution < -0.4 is 0 Å². The van der Waals surface area contributed by atoms with Crippen molar-refractivity contribution in [2.45, 2.75) is 122 Å². The molecule has 0 aromatic carbocycles. The number of hydrogen-bond donors (Lipinski definition) is 1. The smallest absolute Gasteiger partial charge is 0.147 e. The quantitative estimate of drug-likeness (QED) is 0.0777. The molecule has 30 heavy (non-hydrogen) atoms. The molecule has 0 saturated heterocycles. The van der Waals surface area contributed by atoms with Crippen LogP contribution in [0.1, 0.15) is 90.4 Å². The van der Waals surface area contributed by atoms with Crippen molar-refractivity contribution in [3.63, 3.8) is 0 Å². The molecule has 4 nitrogen and oxygen atoms in total. The van der Waals surface area contributed by atoms with Crippen molar-refractivity contribution in [2.24, 2.45) is 0 Å². The number of unbranched alkanes of at least 4 members (excludes halogenated alkanes) is 12. The Morgan fingerprint density at radius 3 is 1.93 bits per heavy atom. The van der Waals surface area contributed by atoms with Gasteiger partial charge in [-0.1, -0.05) is 97.2 Å². The molecule has 0 saturated carbocycles. The Morgan fingerprint density at radius 1 is 0.833 bits per heavy atom. The third kappa shape index (κ3) is 23.9. The molecule has 0 bridgehead atoms. The molecule has 0 aliphatic carbocycles. The third-order valence-electron chi connectivity index (χ3n) is 5.29. The second-order valence-electron chi connectivity index (χ2n) is 9.69. The fraction of sp³-hybridized carbons (Fsp3) is 0.920. The van der Waals surface area contributed by atoms with Gasteiger partial charge in [-0.15, -0.1) is 0 Å². The van der Waals surface area contributed by atoms with Crippen LogP contribution in [-0.2, 0) is 14.2 Å². The van der Waals surface area contributed by atoms with Crippen LogP contribution in [0.2, 0.25) is 25.7 Å². The van der Waals surface area contributed by atoms with Crippen LogP contribution in [0.15, 0.2) is 12.3 Å². The van der Waals surface area contributed by atoms with Gasteiger partial charge in [-0.25, -0.2) is 0 Å². The van der Waals surface area contributed by atoms with Gasteiger partial charge in [-0.05, 0) is 25.0 Å². The van der Waals surface area contributed by atoms with Crippen molar-refractivity contribution >= 4 is 8.07 Å². The molecule has 0 amide bonds. The predicted octanol–water partition coefficient (Wildman–Crippen LogP) is 7.30. The fourth-order valence-electron chi connectivity index (χ4n) is 3.14. The van der Waals surface area contributed by atoms with Crippen molar-refractivity contribution in [2.75, 3.05) is 26.6 Å². The molecule has 0 aromatic heterocycles. The molecule has 0 unspecified atom stereocenters. The van der Waals surface area contributed by atoms with E-state index in [4.69, 9.17) is 14.2 Å². The maximum Gasteiger partial charge on any atom is 0.147 e. The van der Waals surface area contributed by atoms with E-state index in [1.807, 2.05) is 0 Å². The zero-order chi connectivity index (χ0) is 22.3. The van der Waals surface area contributed by atoms with Gasteiger partial charge in [0.2, 0.25) is 0 Å². The number of hydrogen-bond acceptors (Lipinski definition) is 4. The summed E-state index contributed by atoms with van der Waals surface area (Å²) in [5, 5.41) is 9.36. The van der Waals surface area contributed by atoms with E-state index in [0.717, 1.165) is 19.1 Å². The van der Waals surface area contributed by atoms with Crippen LogP contribution in [0.3, 0.4) is 0 Å². The molecule has 180 valence electrons. The Balaban J connectivity index is 3.38. The molecule has 5 heteroatoms. The lowest BCUT2D eigenvalue weighted by Crippen LogP contribution is -2.26. The molecule has 0 fully saturated rings. The molecule has 1 atom stereocenters. The summed E-state index contributed by atoms with van der Waals surface area (Å²) in [5.41, 5.74) is 0. The standard InChI is InChI=1S/C25H52O4Si/c1-5-6-7-8-9-10-11-12-13-14-15-16-17-18-19-27-23-25(22-26)29-24-28-20-21-30(2,3)4/h18-19,25-26H,5-17,20-24H2,1-4H3/b19-18-/t25-/m0/s1. The van der Waals surface area contributed by atoms with Crippen molar-refractivity contribution in [3.05, 3.63) is 12.3 Å². The SMILES string of the molecule is CCCCCCCCCCCCCC/C=C\OC[C@H](CO)OCOCC[Si](C)(C)C. The highest BCUT2D eigenvalue weighted by atomic mass is 28.3. The summed E-state index contributed by atoms with van der Waals surface area (Å²) in [6, 6.07) is 1.12. The molecular formula is C25H52O4Si. The van der Waals surface area contributed by atoms with Crippen LogP contribution >= 0.6 is 0 Å². The van der Waals surface area contributed by atoms with Crippen molar-refractivity contribution in [1.82, 2.24) is 0 Å². The third-order valence-corrected chi connectivity index (χ3v) is 6.99. The second kappa shape index (κ2) is 21.9. The average Bonchev–Trinajstić information content (AvgIpc) is 2.70. The van der Waals surface area contributed by atoms with Crippen LogP contribution in [0.25, 0.3) is 0 Å². The molecule has 0 aliphatic rings. The highest BCUT2D eigenvalue weighted by molar-refractivity contribution is 6.76. The van der Waals surface area contributed by atoms with Crippen molar-refractivity contribution in [1.29, 1.82) is 0 Å². The summed E-state index contributed by atoms with van der Waals surface area (Å²) in [7, 11) is -1.06. The normalized spacial score (nSPS) is 13.2. The lowest BCUT2D eigenvalue weighted by Gasteiger charge is -2.17. The number of aliphatic hydroxyl groups excluding tert-OH is 1. The molecule has 0 radical (unpaired) electrons. The Kier molecular flexibility index (Phi) is 21.6. The Bertz CT molecular complexity index is 369. The van der Waals surface area contributed by atoms with E-state index < -0.39 is 8.07 Å². The number of rotatable bonds is 23. The molecular weight excluding hydrogens is 392 g/mol. The topological polar surface area (TPSA) is 47.9 Å². The van der Waals surface area contributed by atoms with Crippen molar-refractivity contribution < 1.29 is 19.3 Å². The Labute approximate surface area is 188 Å². The summed E-state index contributed by atoms with van der Waals surface area (Å²) < 4.78 is 16.5. The minimum atomic E-state index is -1.06. The Morgan fingerprint density at radius 2 is 1.40 bits per heavy atom. The summed E-state index contributed by atoms with van der Waals surface area (Å²) in [6.45, 7) is 10.5. The molecule has 0 spiro atoms. The van der Waals surface area contributed by atoms with E-state index in [1.54, 1.807) is 6.26 Å². The predicted molar refractivity (Wildman–Crippen MR) is 132 cm³/mol. The summed E-state index contributed by atoms with van der Waals surface area (Å²) >= 11 is 0. The zero-order valence-electron chi connectivity index (χ0n) is 20.6. The molecule has 0 heterocycles. The maximum absolute atomic E-state index is 9.36. The highest BCUT2D eigenvalue weighted by Gasteiger charge is 2.12. The first-order valence-corrected chi connectivity index (χ1v) is 16.3. The van der Waals surface area contributed by atoms with E-state index in [1.165, 1.54) is 77.0 Å². The van der Waals surface area contributed by atoms with Crippen LogP contribution in [-0.4, -0.2) is 45.9 Å². The van der Waals surface area contributed by atoms with Crippen molar-refractivity contribution in [3.8, 4) is 0 Å². The first-order chi connectivity index (χ1) is 14.5. The van der Waals surface area contributed by atoms with Gasteiger partial charge in [-0.3, -0.25) is 0 Å². The second-order valence-corrected chi connectivity index (χ2v) is 15.3. The van der Waals surface area contributed by atoms with Gasteiger partial charge in [0, 0.05) is 14.7 Å². The highest BCUT2D eigenvalue weighted by Crippen LogP contribution is 2.12. The average molecular weight is 445 g/mol. The zero-order valence-corrected chi connectivity index (χ0v) is 21.6. The molecule has 0 aromatic rings. The van der Waals surface area contributed by atoms with Crippen LogP contribution in [0.4, 0.5) is 0 Å². The first kappa shape index (κ1) is 29.6. The van der Waals surface area contributed by atoms with Gasteiger partial charge in [0.15, 0.2) is 0 Å². The lowest BCUT2D eigenvalue weighted by atomic mass is 10.0. The van der Waals surface area contributed by atoms with Crippen LogP contribution in [0, 0.1) is 0 Å². The number of allylic oxidation sites excluding steroid dienone is 1. The molecule has 0 aliphatic heterocycles. The van der Waals surface area contributed by atoms with Gasteiger partial charge in [0.05, 0.1) is 12.9 Å². The van der Waals surface area contributed by atoms with E-state index in [0.29, 0.717) is 6.61 Å². The fourth-order valence-corrected chi connectivity index (χ4v) is 3.89. The summed E-state index contributed by atoms with van der Waals surface area (Å²) in [4.78, 5) is 0. The van der Waals surface area contributed by atoms with Gasteiger partial charge < -0.3 is 19.3 Å². The molecule has 0 rings (SSSR count). The van der Waals surface area contributed by atoms with E-state index >= 15 is 0 Å². The number of aliphatic hydroxyl groups is 1. The van der Waals surface area contributed by atoms with Gasteiger partial charge >= 0.3 is 0 Å². The van der Waals surface area contributed by atoms with Gasteiger partial charge in [-0.2, -0.15) is 0 Å². The van der Waals surface area contributed by atoms with E-state index in [9.17, 15) is 5.11 Å². The summed E-state index contributed by atoms with van der Waals surface area (Å²) in [6.07, 6.45) is 21.1. The largest absolute Gasteiger partial charge is 0.499 e. The minimum absolute atomic E-state index is 0.0516. The molecule has 1 N–H and O–H groups in total. The number of ether oxygens (including phenoxy) is 3. The van der Waals surface area contributed by atoms with Gasteiger partial charge in [0.1, 0.15) is 19.5 Å². The maximum atomic E-state index is 9.36.